The Hall–Kier alpha value is -1.97. The summed E-state index contributed by atoms with van der Waals surface area (Å²) in [5.74, 6) is -2.75. The van der Waals surface area contributed by atoms with E-state index in [0.29, 0.717) is 5.56 Å². The standard InChI is InChI=1S/C18H14BrF3N2O2S/c19-12-8-6-10(7-9-12)14-13(15(25)11-4-2-1-3-5-11)17(26,18(20,21)22)24-16(27)23-14/h1-9,13-14,26H,(H2,23,24,27)/t13-,14+,17-/m1/s1. The van der Waals surface area contributed by atoms with Crippen molar-refractivity contribution in [3.05, 3.63) is 70.2 Å². The van der Waals surface area contributed by atoms with Gasteiger partial charge in [0.25, 0.3) is 0 Å². The quantitative estimate of drug-likeness (QED) is 0.483. The average molecular weight is 459 g/mol. The maximum atomic E-state index is 13.8. The van der Waals surface area contributed by atoms with Crippen molar-refractivity contribution in [2.24, 2.45) is 5.92 Å². The molecule has 1 aliphatic rings. The number of rotatable bonds is 3. The monoisotopic (exact) mass is 458 g/mol. The minimum atomic E-state index is -5.14. The van der Waals surface area contributed by atoms with Gasteiger partial charge in [0.15, 0.2) is 10.9 Å². The van der Waals surface area contributed by atoms with Crippen LogP contribution in [-0.2, 0) is 0 Å². The van der Waals surface area contributed by atoms with Crippen molar-refractivity contribution in [1.82, 2.24) is 10.6 Å². The van der Waals surface area contributed by atoms with Crippen LogP contribution in [0.25, 0.3) is 0 Å². The van der Waals surface area contributed by atoms with E-state index in [9.17, 15) is 23.1 Å². The number of alkyl halides is 3. The van der Waals surface area contributed by atoms with E-state index in [1.54, 1.807) is 42.5 Å². The molecule has 2 aromatic carbocycles. The van der Waals surface area contributed by atoms with Gasteiger partial charge in [0.1, 0.15) is 5.92 Å². The molecule has 1 saturated heterocycles. The largest absolute Gasteiger partial charge is 0.437 e. The molecule has 0 bridgehead atoms. The summed E-state index contributed by atoms with van der Waals surface area (Å²) in [6.07, 6.45) is -5.14. The second kappa shape index (κ2) is 7.21. The van der Waals surface area contributed by atoms with Gasteiger partial charge in [0.05, 0.1) is 6.04 Å². The van der Waals surface area contributed by atoms with Gasteiger partial charge >= 0.3 is 6.18 Å². The lowest BCUT2D eigenvalue weighted by Crippen LogP contribution is -2.72. The third kappa shape index (κ3) is 3.71. The number of benzene rings is 2. The fourth-order valence-electron chi connectivity index (χ4n) is 3.07. The molecule has 0 radical (unpaired) electrons. The van der Waals surface area contributed by atoms with Crippen molar-refractivity contribution in [2.75, 3.05) is 0 Å². The lowest BCUT2D eigenvalue weighted by atomic mass is 9.77. The van der Waals surface area contributed by atoms with E-state index in [4.69, 9.17) is 12.2 Å². The van der Waals surface area contributed by atoms with Gasteiger partial charge in [-0.25, -0.2) is 0 Å². The Bertz CT molecular complexity index is 861. The molecule has 0 saturated carbocycles. The highest BCUT2D eigenvalue weighted by atomic mass is 79.9. The first-order chi connectivity index (χ1) is 12.6. The Kier molecular flexibility index (Phi) is 5.29. The number of carbonyl (C=O) groups excluding carboxylic acids is 1. The van der Waals surface area contributed by atoms with E-state index in [1.165, 1.54) is 12.1 Å². The molecule has 3 atom stereocenters. The third-order valence-electron chi connectivity index (χ3n) is 4.38. The van der Waals surface area contributed by atoms with E-state index < -0.39 is 29.6 Å². The second-order valence-electron chi connectivity index (χ2n) is 6.10. The molecule has 1 heterocycles. The van der Waals surface area contributed by atoms with Crippen LogP contribution in [0.5, 0.6) is 0 Å². The summed E-state index contributed by atoms with van der Waals surface area (Å²) in [4.78, 5) is 13.0. The molecule has 2 aromatic rings. The van der Waals surface area contributed by atoms with Crippen molar-refractivity contribution in [2.45, 2.75) is 17.9 Å². The average Bonchev–Trinajstić information content (AvgIpc) is 2.61. The molecule has 0 unspecified atom stereocenters. The highest BCUT2D eigenvalue weighted by molar-refractivity contribution is 9.10. The highest BCUT2D eigenvalue weighted by Gasteiger charge is 2.65. The first-order valence-electron chi connectivity index (χ1n) is 7.86. The predicted molar refractivity (Wildman–Crippen MR) is 101 cm³/mol. The minimum absolute atomic E-state index is 0.0590. The van der Waals surface area contributed by atoms with E-state index in [-0.39, 0.29) is 10.7 Å². The zero-order valence-electron chi connectivity index (χ0n) is 13.6. The number of halogens is 4. The van der Waals surface area contributed by atoms with Crippen LogP contribution in [0.3, 0.4) is 0 Å². The van der Waals surface area contributed by atoms with Crippen molar-refractivity contribution in [1.29, 1.82) is 0 Å². The summed E-state index contributed by atoms with van der Waals surface area (Å²) in [6.45, 7) is 0. The van der Waals surface area contributed by atoms with Crippen LogP contribution in [-0.4, -0.2) is 27.9 Å². The van der Waals surface area contributed by atoms with Crippen LogP contribution in [0.4, 0.5) is 13.2 Å². The maximum Gasteiger partial charge on any atom is 0.437 e. The zero-order valence-corrected chi connectivity index (χ0v) is 16.0. The predicted octanol–water partition coefficient (Wildman–Crippen LogP) is 3.72. The molecule has 3 N–H and O–H groups in total. The number of aliphatic hydroxyl groups is 1. The van der Waals surface area contributed by atoms with Gasteiger partial charge in [-0.3, -0.25) is 4.79 Å². The van der Waals surface area contributed by atoms with Crippen LogP contribution >= 0.6 is 28.1 Å². The first kappa shape index (κ1) is 19.8. The van der Waals surface area contributed by atoms with Crippen LogP contribution in [0.2, 0.25) is 0 Å². The van der Waals surface area contributed by atoms with Crippen molar-refractivity contribution in [3.8, 4) is 0 Å². The van der Waals surface area contributed by atoms with Crippen LogP contribution in [0, 0.1) is 5.92 Å². The molecule has 0 spiro atoms. The van der Waals surface area contributed by atoms with Gasteiger partial charge < -0.3 is 15.7 Å². The van der Waals surface area contributed by atoms with Crippen molar-refractivity contribution < 1.29 is 23.1 Å². The molecule has 142 valence electrons. The van der Waals surface area contributed by atoms with E-state index in [1.807, 2.05) is 5.32 Å². The number of hydrogen-bond donors (Lipinski definition) is 3. The zero-order chi connectivity index (χ0) is 19.8. The molecule has 1 aliphatic heterocycles. The molecule has 27 heavy (non-hydrogen) atoms. The second-order valence-corrected chi connectivity index (χ2v) is 7.42. The Morgan fingerprint density at radius 3 is 2.26 bits per heavy atom. The van der Waals surface area contributed by atoms with Crippen molar-refractivity contribution >= 4 is 39.0 Å². The maximum absolute atomic E-state index is 13.8. The normalized spacial score (nSPS) is 25.4. The smallest absolute Gasteiger partial charge is 0.363 e. The van der Waals surface area contributed by atoms with E-state index in [0.717, 1.165) is 4.47 Å². The van der Waals surface area contributed by atoms with Gasteiger partial charge in [-0.2, -0.15) is 13.2 Å². The van der Waals surface area contributed by atoms with Gasteiger partial charge in [-0.05, 0) is 29.9 Å². The summed E-state index contributed by atoms with van der Waals surface area (Å²) in [6, 6.07) is 12.8. The summed E-state index contributed by atoms with van der Waals surface area (Å²) in [5, 5.41) is 14.7. The summed E-state index contributed by atoms with van der Waals surface area (Å²) >= 11 is 8.14. The number of carbonyl (C=O) groups is 1. The fourth-order valence-corrected chi connectivity index (χ4v) is 3.62. The molecule has 9 heteroatoms. The van der Waals surface area contributed by atoms with Crippen molar-refractivity contribution in [3.63, 3.8) is 0 Å². The number of hydrogen-bond acceptors (Lipinski definition) is 3. The number of Topliss-reactive ketones (excluding diaryl/α,β-unsaturated/α-hetero) is 1. The van der Waals surface area contributed by atoms with E-state index in [2.05, 4.69) is 21.2 Å². The fraction of sp³-hybridized carbons (Fsp3) is 0.222. The molecule has 4 nitrogen and oxygen atoms in total. The Morgan fingerprint density at radius 2 is 1.70 bits per heavy atom. The lowest BCUT2D eigenvalue weighted by molar-refractivity contribution is -0.285. The van der Waals surface area contributed by atoms with Gasteiger partial charge in [0.2, 0.25) is 5.72 Å². The van der Waals surface area contributed by atoms with Crippen LogP contribution in [0.1, 0.15) is 22.0 Å². The Balaban J connectivity index is 2.15. The third-order valence-corrected chi connectivity index (χ3v) is 5.12. The SMILES string of the molecule is O=C(c1ccccc1)[C@H]1[C@H](c2ccc(Br)cc2)NC(=S)N[C@]1(O)C(F)(F)F. The topological polar surface area (TPSA) is 61.4 Å². The van der Waals surface area contributed by atoms with Gasteiger partial charge in [-0.1, -0.05) is 58.4 Å². The Labute approximate surface area is 166 Å². The molecule has 1 fully saturated rings. The summed E-state index contributed by atoms with van der Waals surface area (Å²) in [5.41, 5.74) is -3.07. The molecule has 0 amide bonds. The molecule has 0 aliphatic carbocycles. The molecular weight excluding hydrogens is 445 g/mol. The molecule has 0 aromatic heterocycles. The highest BCUT2D eigenvalue weighted by Crippen LogP contribution is 2.44. The van der Waals surface area contributed by atoms with Crippen LogP contribution in [0.15, 0.2) is 59.1 Å². The Morgan fingerprint density at radius 1 is 1.11 bits per heavy atom. The van der Waals surface area contributed by atoms with E-state index >= 15 is 0 Å². The van der Waals surface area contributed by atoms with Gasteiger partial charge in [-0.15, -0.1) is 0 Å². The molecular formula is C18H14BrF3N2O2S. The van der Waals surface area contributed by atoms with Crippen LogP contribution < -0.4 is 10.6 Å². The molecule has 3 rings (SSSR count). The van der Waals surface area contributed by atoms with Gasteiger partial charge in [0, 0.05) is 10.0 Å². The minimum Gasteiger partial charge on any atom is -0.363 e. The lowest BCUT2D eigenvalue weighted by Gasteiger charge is -2.46. The number of thiocarbonyl (C=S) groups is 1. The first-order valence-corrected chi connectivity index (χ1v) is 9.06. The number of nitrogens with one attached hydrogen (secondary N) is 2. The summed E-state index contributed by atoms with van der Waals surface area (Å²) < 4.78 is 42.2. The number of ketones is 1. The summed E-state index contributed by atoms with van der Waals surface area (Å²) in [7, 11) is 0.